The van der Waals surface area contributed by atoms with Gasteiger partial charge in [-0.2, -0.15) is 0 Å². The lowest BCUT2D eigenvalue weighted by Gasteiger charge is -2.06. The lowest BCUT2D eigenvalue weighted by atomic mass is 10.0. The summed E-state index contributed by atoms with van der Waals surface area (Å²) in [7, 11) is 1.71. The van der Waals surface area contributed by atoms with Gasteiger partial charge < -0.3 is 4.74 Å². The number of ether oxygens (including phenoxy) is 1. The molecule has 0 heterocycles. The zero-order valence-corrected chi connectivity index (χ0v) is 17.9. The van der Waals surface area contributed by atoms with Crippen LogP contribution >= 0.6 is 31.9 Å². The Balaban J connectivity index is 0.000000152. The number of rotatable bonds is 5. The zero-order valence-electron chi connectivity index (χ0n) is 14.8. The lowest BCUT2D eigenvalue weighted by molar-refractivity contribution is 0.0967. The molecular weight excluding hydrogens is 456 g/mol. The van der Waals surface area contributed by atoms with Crippen LogP contribution in [0, 0.1) is 11.8 Å². The first-order valence-corrected chi connectivity index (χ1v) is 10.5. The number of methoxy groups -OCH3 is 1. The summed E-state index contributed by atoms with van der Waals surface area (Å²) in [4.78, 5) is 11.5. The van der Waals surface area contributed by atoms with E-state index >= 15 is 0 Å². The fourth-order valence-electron chi connectivity index (χ4n) is 2.81. The van der Waals surface area contributed by atoms with Crippen molar-refractivity contribution in [1.82, 2.24) is 0 Å². The lowest BCUT2D eigenvalue weighted by Crippen LogP contribution is -2.00. The molecule has 2 nitrogen and oxygen atoms in total. The van der Waals surface area contributed by atoms with Crippen molar-refractivity contribution in [1.29, 1.82) is 0 Å². The van der Waals surface area contributed by atoms with Crippen LogP contribution in [0.4, 0.5) is 0 Å². The fourth-order valence-corrected chi connectivity index (χ4v) is 3.61. The molecule has 2 aromatic carbocycles. The van der Waals surface area contributed by atoms with Crippen molar-refractivity contribution in [2.45, 2.75) is 25.7 Å². The van der Waals surface area contributed by atoms with Crippen molar-refractivity contribution in [2.75, 3.05) is 7.11 Å². The maximum absolute atomic E-state index is 11.5. The topological polar surface area (TPSA) is 26.3 Å². The molecule has 0 spiro atoms. The van der Waals surface area contributed by atoms with Gasteiger partial charge in [0.05, 0.1) is 13.4 Å². The predicted octanol–water partition coefficient (Wildman–Crippen LogP) is 6.89. The molecule has 0 aliphatic heterocycles. The summed E-state index contributed by atoms with van der Waals surface area (Å²) in [6, 6.07) is 16.0. The third-order valence-electron chi connectivity index (χ3n) is 4.48. The van der Waals surface area contributed by atoms with Crippen LogP contribution < -0.4 is 0 Å². The van der Waals surface area contributed by atoms with Crippen LogP contribution in [-0.4, -0.2) is 12.9 Å². The molecule has 0 aromatic heterocycles. The molecule has 0 saturated heterocycles. The summed E-state index contributed by atoms with van der Waals surface area (Å²) in [6.45, 7) is 0. The first kappa shape index (κ1) is 19.4. The maximum Gasteiger partial charge on any atom is 0.165 e. The van der Waals surface area contributed by atoms with Crippen molar-refractivity contribution < 1.29 is 9.53 Å². The Kier molecular flexibility index (Phi) is 6.71. The molecule has 0 amide bonds. The van der Waals surface area contributed by atoms with E-state index in [0.29, 0.717) is 17.6 Å². The summed E-state index contributed by atoms with van der Waals surface area (Å²) in [6.07, 6.45) is 6.61. The van der Waals surface area contributed by atoms with Gasteiger partial charge in [-0.05, 0) is 67.0 Å². The fraction of sp³-hybridized carbons (Fsp3) is 0.318. The van der Waals surface area contributed by atoms with Gasteiger partial charge in [0, 0.05) is 20.4 Å². The minimum Gasteiger partial charge on any atom is -0.504 e. The van der Waals surface area contributed by atoms with E-state index in [-0.39, 0.29) is 0 Å². The van der Waals surface area contributed by atoms with E-state index < -0.39 is 0 Å². The van der Waals surface area contributed by atoms with Crippen LogP contribution in [0.1, 0.15) is 41.6 Å². The summed E-state index contributed by atoms with van der Waals surface area (Å²) >= 11 is 6.83. The second-order valence-corrected chi connectivity index (χ2v) is 8.57. The second kappa shape index (κ2) is 9.01. The van der Waals surface area contributed by atoms with E-state index in [4.69, 9.17) is 4.74 Å². The number of Topliss-reactive ketones (excluding diaryl/α,β-unsaturated/α-hetero) is 1. The molecule has 4 rings (SSSR count). The van der Waals surface area contributed by atoms with Crippen molar-refractivity contribution in [2.24, 2.45) is 11.8 Å². The molecule has 4 heteroatoms. The minimum atomic E-state index is 0.302. The van der Waals surface area contributed by atoms with Crippen LogP contribution in [0.2, 0.25) is 0 Å². The molecule has 0 N–H and O–H groups in total. The van der Waals surface area contributed by atoms with E-state index in [1.165, 1.54) is 24.0 Å². The molecule has 2 aliphatic carbocycles. The number of hydrogen-bond acceptors (Lipinski definition) is 2. The predicted molar refractivity (Wildman–Crippen MR) is 113 cm³/mol. The number of benzene rings is 2. The molecule has 26 heavy (non-hydrogen) atoms. The number of hydrogen-bond donors (Lipinski definition) is 0. The standard InChI is InChI=1S/C12H13BrO.C10H9BrO/c1-14-8-12(9-5-6-9)10-3-2-4-11(13)7-10;11-9-3-1-2-8(6-9)10(12)7-4-5-7/h2-4,7-9H,5-6H2,1H3;1-3,6-7H,4-5H2/b12-8-;. The molecule has 0 bridgehead atoms. The van der Waals surface area contributed by atoms with Gasteiger partial charge in [-0.3, -0.25) is 4.79 Å². The molecule has 0 radical (unpaired) electrons. The quantitative estimate of drug-likeness (QED) is 0.346. The van der Waals surface area contributed by atoms with E-state index in [1.807, 2.05) is 36.6 Å². The molecule has 0 unspecified atom stereocenters. The normalized spacial score (nSPS) is 16.5. The van der Waals surface area contributed by atoms with Gasteiger partial charge in [0.1, 0.15) is 0 Å². The Labute approximate surface area is 171 Å². The average molecular weight is 478 g/mol. The highest BCUT2D eigenvalue weighted by Crippen LogP contribution is 2.42. The molecule has 0 atom stereocenters. The average Bonchev–Trinajstić information content (AvgIpc) is 3.52. The molecule has 136 valence electrons. The Morgan fingerprint density at radius 3 is 1.96 bits per heavy atom. The van der Waals surface area contributed by atoms with Crippen LogP contribution in [0.3, 0.4) is 0 Å². The van der Waals surface area contributed by atoms with E-state index in [0.717, 1.165) is 27.4 Å². The zero-order chi connectivity index (χ0) is 18.5. The highest BCUT2D eigenvalue weighted by Gasteiger charge is 2.30. The SMILES string of the molecule is CO/C=C(\c1cccc(Br)c1)C1CC1.O=C(c1cccc(Br)c1)C1CC1. The Morgan fingerprint density at radius 1 is 0.923 bits per heavy atom. The molecule has 2 saturated carbocycles. The van der Waals surface area contributed by atoms with Crippen LogP contribution in [0.5, 0.6) is 0 Å². The van der Waals surface area contributed by atoms with Gasteiger partial charge in [0.25, 0.3) is 0 Å². The Hall–Kier alpha value is -1.39. The van der Waals surface area contributed by atoms with Crippen LogP contribution in [0.15, 0.2) is 63.7 Å². The summed E-state index contributed by atoms with van der Waals surface area (Å²) in [5, 5.41) is 0. The van der Waals surface area contributed by atoms with E-state index in [1.54, 1.807) is 7.11 Å². The Bertz CT molecular complexity index is 805. The third kappa shape index (κ3) is 5.55. The van der Waals surface area contributed by atoms with E-state index in [9.17, 15) is 4.79 Å². The number of allylic oxidation sites excluding steroid dienone is 1. The number of carbonyl (C=O) groups is 1. The van der Waals surface area contributed by atoms with Crippen LogP contribution in [0.25, 0.3) is 5.57 Å². The third-order valence-corrected chi connectivity index (χ3v) is 5.46. The number of carbonyl (C=O) groups excluding carboxylic acids is 1. The minimum absolute atomic E-state index is 0.302. The van der Waals surface area contributed by atoms with Gasteiger partial charge >= 0.3 is 0 Å². The highest BCUT2D eigenvalue weighted by atomic mass is 79.9. The molecule has 2 aromatic rings. The second-order valence-electron chi connectivity index (χ2n) is 6.74. The largest absolute Gasteiger partial charge is 0.504 e. The number of halogens is 2. The first-order chi connectivity index (χ1) is 12.6. The van der Waals surface area contributed by atoms with Gasteiger partial charge in [-0.25, -0.2) is 0 Å². The highest BCUT2D eigenvalue weighted by molar-refractivity contribution is 9.10. The van der Waals surface area contributed by atoms with Crippen molar-refractivity contribution in [3.8, 4) is 0 Å². The summed E-state index contributed by atoms with van der Waals surface area (Å²) in [5.41, 5.74) is 3.43. The van der Waals surface area contributed by atoms with Crippen molar-refractivity contribution in [3.63, 3.8) is 0 Å². The van der Waals surface area contributed by atoms with Crippen LogP contribution in [-0.2, 0) is 4.74 Å². The molecule has 2 fully saturated rings. The van der Waals surface area contributed by atoms with Gasteiger partial charge in [-0.1, -0.05) is 56.1 Å². The van der Waals surface area contributed by atoms with Crippen molar-refractivity contribution in [3.05, 3.63) is 74.9 Å². The van der Waals surface area contributed by atoms with Gasteiger partial charge in [0.15, 0.2) is 5.78 Å². The first-order valence-electron chi connectivity index (χ1n) is 8.87. The Morgan fingerprint density at radius 2 is 1.46 bits per heavy atom. The van der Waals surface area contributed by atoms with Gasteiger partial charge in [-0.15, -0.1) is 0 Å². The smallest absolute Gasteiger partial charge is 0.165 e. The molecular formula is C22H22Br2O2. The number of ketones is 1. The monoisotopic (exact) mass is 476 g/mol. The summed E-state index contributed by atoms with van der Waals surface area (Å²) in [5.74, 6) is 1.33. The maximum atomic E-state index is 11.5. The van der Waals surface area contributed by atoms with Crippen molar-refractivity contribution >= 4 is 43.2 Å². The van der Waals surface area contributed by atoms with Gasteiger partial charge in [0.2, 0.25) is 0 Å². The molecule has 2 aliphatic rings. The summed E-state index contributed by atoms with van der Waals surface area (Å²) < 4.78 is 7.23. The van der Waals surface area contributed by atoms with E-state index in [2.05, 4.69) is 50.1 Å².